The molecule has 1 aromatic heterocycles. The lowest BCUT2D eigenvalue weighted by Gasteiger charge is -2.10. The van der Waals surface area contributed by atoms with Crippen molar-refractivity contribution in [2.75, 3.05) is 11.9 Å². The van der Waals surface area contributed by atoms with E-state index in [1.165, 1.54) is 0 Å². The standard InChI is InChI=1S/C22H22ClN3O3/c1-3-12-29-21(28)16-6-10-18(11-7-16)25-22-24-14(2)19(20(27)26-22)13-15-4-8-17(23)9-5-15/h4-11H,3,12-13H2,1-2H3,(H2,24,25,26,27). The zero-order chi connectivity index (χ0) is 20.8. The number of halogens is 1. The van der Waals surface area contributed by atoms with Crippen LogP contribution >= 0.6 is 11.6 Å². The predicted molar refractivity (Wildman–Crippen MR) is 114 cm³/mol. The van der Waals surface area contributed by atoms with Gasteiger partial charge in [0.05, 0.1) is 17.9 Å². The molecule has 0 spiro atoms. The zero-order valence-electron chi connectivity index (χ0n) is 16.3. The summed E-state index contributed by atoms with van der Waals surface area (Å²) in [7, 11) is 0. The minimum Gasteiger partial charge on any atom is -0.462 e. The van der Waals surface area contributed by atoms with Crippen LogP contribution in [0.5, 0.6) is 0 Å². The monoisotopic (exact) mass is 411 g/mol. The molecule has 3 aromatic rings. The fourth-order valence-electron chi connectivity index (χ4n) is 2.79. The van der Waals surface area contributed by atoms with E-state index in [2.05, 4.69) is 15.3 Å². The van der Waals surface area contributed by atoms with Crippen LogP contribution in [-0.2, 0) is 11.2 Å². The SMILES string of the molecule is CCCOC(=O)c1ccc(Nc2nc(C)c(Cc3ccc(Cl)cc3)c(=O)[nH]2)cc1. The number of anilines is 2. The van der Waals surface area contributed by atoms with Crippen LogP contribution in [0.15, 0.2) is 53.3 Å². The summed E-state index contributed by atoms with van der Waals surface area (Å²) in [5, 5.41) is 3.71. The number of carbonyl (C=O) groups is 1. The number of aromatic amines is 1. The highest BCUT2D eigenvalue weighted by Gasteiger charge is 2.10. The minimum atomic E-state index is -0.354. The van der Waals surface area contributed by atoms with Gasteiger partial charge >= 0.3 is 5.97 Å². The van der Waals surface area contributed by atoms with Gasteiger partial charge in [0.2, 0.25) is 5.95 Å². The molecular weight excluding hydrogens is 390 g/mol. The Bertz CT molecular complexity index is 1040. The third-order valence-corrected chi connectivity index (χ3v) is 4.59. The third kappa shape index (κ3) is 5.45. The van der Waals surface area contributed by atoms with Crippen molar-refractivity contribution in [1.29, 1.82) is 0 Å². The second kappa shape index (κ2) is 9.39. The van der Waals surface area contributed by atoms with E-state index in [-0.39, 0.29) is 11.5 Å². The Morgan fingerprint density at radius 1 is 1.14 bits per heavy atom. The Labute approximate surface area is 173 Å². The van der Waals surface area contributed by atoms with Crippen LogP contribution < -0.4 is 10.9 Å². The average Bonchev–Trinajstić information content (AvgIpc) is 2.71. The molecule has 0 bridgehead atoms. The van der Waals surface area contributed by atoms with Gasteiger partial charge in [0.15, 0.2) is 0 Å². The Morgan fingerprint density at radius 2 is 1.83 bits per heavy atom. The van der Waals surface area contributed by atoms with Crippen LogP contribution in [0.4, 0.5) is 11.6 Å². The number of hydrogen-bond acceptors (Lipinski definition) is 5. The number of hydrogen-bond donors (Lipinski definition) is 2. The van der Waals surface area contributed by atoms with Crippen molar-refractivity contribution in [3.8, 4) is 0 Å². The molecule has 0 atom stereocenters. The Balaban J connectivity index is 1.72. The van der Waals surface area contributed by atoms with Gasteiger partial charge < -0.3 is 10.1 Å². The molecule has 2 aromatic carbocycles. The van der Waals surface area contributed by atoms with E-state index in [0.717, 1.165) is 12.0 Å². The summed E-state index contributed by atoms with van der Waals surface area (Å²) in [5.74, 6) is -0.0130. The van der Waals surface area contributed by atoms with E-state index in [1.54, 1.807) is 43.3 Å². The minimum absolute atomic E-state index is 0.199. The fourth-order valence-corrected chi connectivity index (χ4v) is 2.91. The number of ether oxygens (including phenoxy) is 1. The molecule has 150 valence electrons. The highest BCUT2D eigenvalue weighted by atomic mass is 35.5. The van der Waals surface area contributed by atoms with Gasteiger partial charge in [0.1, 0.15) is 0 Å². The van der Waals surface area contributed by atoms with Crippen molar-refractivity contribution in [1.82, 2.24) is 9.97 Å². The van der Waals surface area contributed by atoms with Gasteiger partial charge in [-0.05, 0) is 55.3 Å². The molecule has 0 radical (unpaired) electrons. The van der Waals surface area contributed by atoms with Gasteiger partial charge in [-0.25, -0.2) is 9.78 Å². The molecule has 0 unspecified atom stereocenters. The summed E-state index contributed by atoms with van der Waals surface area (Å²) in [6, 6.07) is 14.2. The van der Waals surface area contributed by atoms with Crippen LogP contribution in [-0.4, -0.2) is 22.5 Å². The third-order valence-electron chi connectivity index (χ3n) is 4.34. The van der Waals surface area contributed by atoms with Crippen molar-refractivity contribution >= 4 is 29.2 Å². The second-order valence-electron chi connectivity index (χ2n) is 6.62. The van der Waals surface area contributed by atoms with E-state index in [0.29, 0.717) is 46.5 Å². The van der Waals surface area contributed by atoms with Crippen molar-refractivity contribution in [3.05, 3.63) is 86.3 Å². The molecule has 29 heavy (non-hydrogen) atoms. The Hall–Kier alpha value is -3.12. The van der Waals surface area contributed by atoms with Crippen molar-refractivity contribution in [3.63, 3.8) is 0 Å². The first-order valence-electron chi connectivity index (χ1n) is 9.34. The summed E-state index contributed by atoms with van der Waals surface area (Å²) in [6.07, 6.45) is 1.25. The van der Waals surface area contributed by atoms with Gasteiger partial charge in [-0.15, -0.1) is 0 Å². The molecular formula is C22H22ClN3O3. The normalized spacial score (nSPS) is 10.6. The Morgan fingerprint density at radius 3 is 2.45 bits per heavy atom. The van der Waals surface area contributed by atoms with E-state index in [9.17, 15) is 9.59 Å². The number of nitrogens with one attached hydrogen (secondary N) is 2. The van der Waals surface area contributed by atoms with Crippen LogP contribution in [0.3, 0.4) is 0 Å². The summed E-state index contributed by atoms with van der Waals surface area (Å²) in [4.78, 5) is 31.6. The summed E-state index contributed by atoms with van der Waals surface area (Å²) >= 11 is 5.91. The molecule has 1 heterocycles. The molecule has 0 aliphatic carbocycles. The fraction of sp³-hybridized carbons (Fsp3) is 0.227. The first-order chi connectivity index (χ1) is 14.0. The van der Waals surface area contributed by atoms with E-state index in [1.807, 2.05) is 19.1 Å². The molecule has 0 aliphatic rings. The van der Waals surface area contributed by atoms with Gasteiger partial charge in [0, 0.05) is 22.7 Å². The average molecular weight is 412 g/mol. The first kappa shape index (κ1) is 20.6. The van der Waals surface area contributed by atoms with Crippen molar-refractivity contribution in [2.45, 2.75) is 26.7 Å². The highest BCUT2D eigenvalue weighted by Crippen LogP contribution is 2.17. The zero-order valence-corrected chi connectivity index (χ0v) is 17.0. The summed E-state index contributed by atoms with van der Waals surface area (Å²) in [5.41, 5.74) is 3.20. The maximum Gasteiger partial charge on any atom is 0.338 e. The number of aryl methyl sites for hydroxylation is 1. The number of benzene rings is 2. The second-order valence-corrected chi connectivity index (χ2v) is 7.06. The molecule has 7 heteroatoms. The van der Waals surface area contributed by atoms with Crippen molar-refractivity contribution in [2.24, 2.45) is 0 Å². The molecule has 0 saturated heterocycles. The number of rotatable bonds is 7. The quantitative estimate of drug-likeness (QED) is 0.553. The van der Waals surface area contributed by atoms with Gasteiger partial charge in [-0.2, -0.15) is 0 Å². The number of carbonyl (C=O) groups excluding carboxylic acids is 1. The van der Waals surface area contributed by atoms with E-state index < -0.39 is 0 Å². The summed E-state index contributed by atoms with van der Waals surface area (Å²) in [6.45, 7) is 4.14. The first-order valence-corrected chi connectivity index (χ1v) is 9.72. The Kier molecular flexibility index (Phi) is 6.67. The largest absolute Gasteiger partial charge is 0.462 e. The topological polar surface area (TPSA) is 84.1 Å². The molecule has 3 rings (SSSR count). The van der Waals surface area contributed by atoms with Crippen LogP contribution in [0.1, 0.15) is 40.5 Å². The van der Waals surface area contributed by atoms with Crippen LogP contribution in [0.25, 0.3) is 0 Å². The van der Waals surface area contributed by atoms with Gasteiger partial charge in [-0.1, -0.05) is 30.7 Å². The maximum atomic E-state index is 12.5. The van der Waals surface area contributed by atoms with Crippen molar-refractivity contribution < 1.29 is 9.53 Å². The van der Waals surface area contributed by atoms with Crippen LogP contribution in [0.2, 0.25) is 5.02 Å². The molecule has 6 nitrogen and oxygen atoms in total. The molecule has 2 N–H and O–H groups in total. The van der Waals surface area contributed by atoms with Crippen LogP contribution in [0, 0.1) is 6.92 Å². The maximum absolute atomic E-state index is 12.5. The smallest absolute Gasteiger partial charge is 0.338 e. The molecule has 0 aliphatic heterocycles. The highest BCUT2D eigenvalue weighted by molar-refractivity contribution is 6.30. The molecule has 0 fully saturated rings. The number of nitrogens with zero attached hydrogens (tertiary/aromatic N) is 1. The number of aromatic nitrogens is 2. The van der Waals surface area contributed by atoms with E-state index in [4.69, 9.17) is 16.3 Å². The van der Waals surface area contributed by atoms with E-state index >= 15 is 0 Å². The lowest BCUT2D eigenvalue weighted by Crippen LogP contribution is -2.18. The number of H-pyrrole nitrogens is 1. The molecule has 0 saturated carbocycles. The lowest BCUT2D eigenvalue weighted by atomic mass is 10.1. The number of esters is 1. The summed E-state index contributed by atoms with van der Waals surface area (Å²) < 4.78 is 5.11. The lowest BCUT2D eigenvalue weighted by molar-refractivity contribution is 0.0505. The predicted octanol–water partition coefficient (Wildman–Crippen LogP) is 4.63. The van der Waals surface area contributed by atoms with Gasteiger partial charge in [0.25, 0.3) is 5.56 Å². The van der Waals surface area contributed by atoms with Gasteiger partial charge in [-0.3, -0.25) is 9.78 Å². The molecule has 0 amide bonds.